The van der Waals surface area contributed by atoms with E-state index in [1.54, 1.807) is 0 Å². The van der Waals surface area contributed by atoms with Crippen LogP contribution >= 0.6 is 11.3 Å². The Bertz CT molecular complexity index is 2810. The zero-order valence-electron chi connectivity index (χ0n) is 25.4. The maximum atomic E-state index is 6.36. The van der Waals surface area contributed by atoms with Crippen molar-refractivity contribution in [3.63, 3.8) is 0 Å². The molecule has 0 atom stereocenters. The van der Waals surface area contributed by atoms with Gasteiger partial charge in [0.1, 0.15) is 11.2 Å². The lowest BCUT2D eigenvalue weighted by molar-refractivity contribution is 0.669. The van der Waals surface area contributed by atoms with Gasteiger partial charge in [0.25, 0.3) is 0 Å². The van der Waals surface area contributed by atoms with Gasteiger partial charge in [0, 0.05) is 36.9 Å². The van der Waals surface area contributed by atoms with Crippen molar-refractivity contribution in [2.24, 2.45) is 0 Å². The Morgan fingerprint density at radius 3 is 1.98 bits per heavy atom. The summed E-state index contributed by atoms with van der Waals surface area (Å²) in [6.07, 6.45) is 0. The summed E-state index contributed by atoms with van der Waals surface area (Å²) in [5, 5.41) is 9.83. The van der Waals surface area contributed by atoms with E-state index in [4.69, 9.17) is 4.42 Å². The highest BCUT2D eigenvalue weighted by molar-refractivity contribution is 7.25. The van der Waals surface area contributed by atoms with Gasteiger partial charge in [0.2, 0.25) is 0 Å². The molecule has 0 aliphatic heterocycles. The number of thiophene rings is 1. The number of para-hydroxylation sites is 1. The third-order valence-electron chi connectivity index (χ3n) is 9.45. The van der Waals surface area contributed by atoms with Crippen molar-refractivity contribution in [1.29, 1.82) is 0 Å². The van der Waals surface area contributed by atoms with Crippen molar-refractivity contribution in [2.45, 2.75) is 0 Å². The Labute approximate surface area is 275 Å². The molecule has 0 amide bonds. The van der Waals surface area contributed by atoms with E-state index in [2.05, 4.69) is 163 Å². The van der Waals surface area contributed by atoms with Crippen molar-refractivity contribution < 1.29 is 4.42 Å². The molecule has 0 saturated carbocycles. The fourth-order valence-corrected chi connectivity index (χ4v) is 8.44. The van der Waals surface area contributed by atoms with Gasteiger partial charge in [-0.25, -0.2) is 0 Å². The van der Waals surface area contributed by atoms with Crippen LogP contribution < -0.4 is 4.90 Å². The number of benzene rings is 8. The average molecular weight is 618 g/mol. The molecule has 47 heavy (non-hydrogen) atoms. The Morgan fingerprint density at radius 2 is 1.09 bits per heavy atom. The van der Waals surface area contributed by atoms with Gasteiger partial charge >= 0.3 is 0 Å². The summed E-state index contributed by atoms with van der Waals surface area (Å²) in [5.74, 6) is 0. The number of furan rings is 1. The lowest BCUT2D eigenvalue weighted by Crippen LogP contribution is -2.10. The Morgan fingerprint density at radius 1 is 0.426 bits per heavy atom. The Hall–Kier alpha value is -5.90. The molecule has 0 saturated heterocycles. The second-order valence-corrected chi connectivity index (χ2v) is 13.2. The number of nitrogens with zero attached hydrogens (tertiary/aromatic N) is 1. The lowest BCUT2D eigenvalue weighted by atomic mass is 9.98. The predicted octanol–water partition coefficient (Wildman–Crippen LogP) is 13.4. The minimum atomic E-state index is 0.882. The molecule has 0 aliphatic rings. The fourth-order valence-electron chi connectivity index (χ4n) is 7.30. The molecule has 2 aromatic heterocycles. The van der Waals surface area contributed by atoms with Gasteiger partial charge in [0.15, 0.2) is 0 Å². The van der Waals surface area contributed by atoms with E-state index >= 15 is 0 Å². The highest BCUT2D eigenvalue weighted by Crippen LogP contribution is 2.45. The van der Waals surface area contributed by atoms with Gasteiger partial charge in [-0.05, 0) is 87.3 Å². The summed E-state index contributed by atoms with van der Waals surface area (Å²) in [4.78, 5) is 2.38. The van der Waals surface area contributed by atoms with Crippen molar-refractivity contribution >= 4 is 92.1 Å². The second-order valence-electron chi connectivity index (χ2n) is 12.1. The van der Waals surface area contributed by atoms with E-state index in [9.17, 15) is 0 Å². The highest BCUT2D eigenvalue weighted by atomic mass is 32.1. The van der Waals surface area contributed by atoms with Gasteiger partial charge in [-0.3, -0.25) is 0 Å². The predicted molar refractivity (Wildman–Crippen MR) is 202 cm³/mol. The molecule has 8 aromatic carbocycles. The molecule has 2 heterocycles. The monoisotopic (exact) mass is 617 g/mol. The molecular formula is C44H27NOS. The molecule has 2 nitrogen and oxygen atoms in total. The first kappa shape index (κ1) is 26.3. The third kappa shape index (κ3) is 4.10. The molecular weight excluding hydrogens is 591 g/mol. The topological polar surface area (TPSA) is 16.4 Å². The molecule has 10 aromatic rings. The number of anilines is 3. The van der Waals surface area contributed by atoms with E-state index in [1.165, 1.54) is 52.8 Å². The van der Waals surface area contributed by atoms with Crippen LogP contribution in [-0.4, -0.2) is 0 Å². The zero-order valence-corrected chi connectivity index (χ0v) is 26.2. The Kier molecular flexibility index (Phi) is 5.78. The summed E-state index contributed by atoms with van der Waals surface area (Å²) < 4.78 is 9.00. The van der Waals surface area contributed by atoms with Gasteiger partial charge in [0.05, 0.1) is 11.1 Å². The molecule has 0 N–H and O–H groups in total. The summed E-state index contributed by atoms with van der Waals surface area (Å²) in [6, 6.07) is 59.1. The molecule has 3 heteroatoms. The molecule has 0 unspecified atom stereocenters. The van der Waals surface area contributed by atoms with Crippen LogP contribution in [0.25, 0.3) is 74.8 Å². The summed E-state index contributed by atoms with van der Waals surface area (Å²) in [6.45, 7) is 0. The molecule has 0 spiro atoms. The van der Waals surface area contributed by atoms with Crippen LogP contribution in [0.4, 0.5) is 17.1 Å². The van der Waals surface area contributed by atoms with E-state index in [-0.39, 0.29) is 0 Å². The summed E-state index contributed by atoms with van der Waals surface area (Å²) in [5.41, 5.74) is 7.53. The second kappa shape index (κ2) is 10.3. The number of hydrogen-bond acceptors (Lipinski definition) is 3. The van der Waals surface area contributed by atoms with Gasteiger partial charge < -0.3 is 9.32 Å². The molecule has 0 radical (unpaired) electrons. The summed E-state index contributed by atoms with van der Waals surface area (Å²) in [7, 11) is 0. The molecule has 0 aliphatic carbocycles. The number of rotatable bonds is 4. The normalized spacial score (nSPS) is 11.8. The first-order valence-corrected chi connectivity index (χ1v) is 16.7. The van der Waals surface area contributed by atoms with Gasteiger partial charge in [-0.2, -0.15) is 0 Å². The Balaban J connectivity index is 1.20. The van der Waals surface area contributed by atoms with E-state index in [0.29, 0.717) is 0 Å². The fraction of sp³-hybridized carbons (Fsp3) is 0. The summed E-state index contributed by atoms with van der Waals surface area (Å²) >= 11 is 1.86. The highest BCUT2D eigenvalue weighted by Gasteiger charge is 2.20. The van der Waals surface area contributed by atoms with E-state index in [1.807, 2.05) is 17.4 Å². The molecule has 10 rings (SSSR count). The first-order valence-electron chi connectivity index (χ1n) is 15.9. The largest absolute Gasteiger partial charge is 0.456 e. The van der Waals surface area contributed by atoms with Crippen LogP contribution in [0.5, 0.6) is 0 Å². The maximum Gasteiger partial charge on any atom is 0.137 e. The first-order chi connectivity index (χ1) is 23.3. The lowest BCUT2D eigenvalue weighted by Gasteiger charge is -2.27. The van der Waals surface area contributed by atoms with Crippen LogP contribution in [0.2, 0.25) is 0 Å². The molecule has 220 valence electrons. The van der Waals surface area contributed by atoms with E-state index < -0.39 is 0 Å². The SMILES string of the molecule is c1ccc2c(c1)ccc1ccc(N(c3ccc(-c4cccc5sc6ccccc6c45)cc3)c3cccc4oc5ccccc5c34)cc12. The quantitative estimate of drug-likeness (QED) is 0.183. The number of fused-ring (bicyclic) bond motifs is 9. The third-order valence-corrected chi connectivity index (χ3v) is 10.6. The standard InChI is InChI=1S/C44H27NOS/c1-2-10-33-28(9-1)19-20-30-23-26-32(27-37(30)33)45(38-14-8-16-40-44(38)35-11-3-5-15-39(35)46-40)31-24-21-29(22-25-31)34-13-7-18-42-43(34)36-12-4-6-17-41(36)47-42/h1-27H. The van der Waals surface area contributed by atoms with Crippen molar-refractivity contribution in [3.05, 3.63) is 164 Å². The minimum Gasteiger partial charge on any atom is -0.456 e. The maximum absolute atomic E-state index is 6.36. The molecule has 0 bridgehead atoms. The van der Waals surface area contributed by atoms with Crippen LogP contribution in [0.1, 0.15) is 0 Å². The van der Waals surface area contributed by atoms with Crippen molar-refractivity contribution in [2.75, 3.05) is 4.90 Å². The van der Waals surface area contributed by atoms with Gasteiger partial charge in [-0.15, -0.1) is 11.3 Å². The van der Waals surface area contributed by atoms with Crippen LogP contribution in [-0.2, 0) is 0 Å². The van der Waals surface area contributed by atoms with E-state index in [0.717, 1.165) is 39.0 Å². The molecule has 0 fully saturated rings. The average Bonchev–Trinajstić information content (AvgIpc) is 3.71. The zero-order chi connectivity index (χ0) is 30.9. The van der Waals surface area contributed by atoms with Crippen LogP contribution in [0.15, 0.2) is 168 Å². The van der Waals surface area contributed by atoms with Crippen molar-refractivity contribution in [1.82, 2.24) is 0 Å². The van der Waals surface area contributed by atoms with Crippen LogP contribution in [0, 0.1) is 0 Å². The van der Waals surface area contributed by atoms with Crippen LogP contribution in [0.3, 0.4) is 0 Å². The van der Waals surface area contributed by atoms with Crippen molar-refractivity contribution in [3.8, 4) is 11.1 Å². The smallest absolute Gasteiger partial charge is 0.137 e. The van der Waals surface area contributed by atoms with Gasteiger partial charge in [-0.1, -0.05) is 109 Å². The number of hydrogen-bond donors (Lipinski definition) is 0. The minimum absolute atomic E-state index is 0.882.